The van der Waals surface area contributed by atoms with Crippen LogP contribution >= 0.6 is 0 Å². The predicted molar refractivity (Wildman–Crippen MR) is 85.0 cm³/mol. The van der Waals surface area contributed by atoms with Gasteiger partial charge in [0.2, 0.25) is 5.91 Å². The van der Waals surface area contributed by atoms with E-state index in [1.807, 2.05) is 13.0 Å². The lowest BCUT2D eigenvalue weighted by Gasteiger charge is -2.45. The van der Waals surface area contributed by atoms with E-state index >= 15 is 0 Å². The van der Waals surface area contributed by atoms with Crippen LogP contribution in [0.1, 0.15) is 31.7 Å². The minimum Gasteiger partial charge on any atom is -0.368 e. The molecule has 1 amide bonds. The van der Waals surface area contributed by atoms with Crippen LogP contribution in [0.4, 0.5) is 11.4 Å². The molecule has 7 nitrogen and oxygen atoms in total. The molecular formula is C16H21N3O4. The van der Waals surface area contributed by atoms with Crippen molar-refractivity contribution < 1.29 is 14.6 Å². The van der Waals surface area contributed by atoms with Crippen LogP contribution < -0.4 is 10.4 Å². The fraction of sp³-hybridized carbons (Fsp3) is 0.562. The van der Waals surface area contributed by atoms with Crippen molar-refractivity contribution in [1.82, 2.24) is 5.48 Å². The van der Waals surface area contributed by atoms with Gasteiger partial charge >= 0.3 is 0 Å². The zero-order valence-electron chi connectivity index (χ0n) is 13.2. The average molecular weight is 319 g/mol. The monoisotopic (exact) mass is 319 g/mol. The smallest absolute Gasteiger partial charge is 0.269 e. The third-order valence-electron chi connectivity index (χ3n) is 4.69. The number of non-ortho nitro benzene ring substituents is 1. The van der Waals surface area contributed by atoms with Crippen LogP contribution in [-0.2, 0) is 16.1 Å². The maximum Gasteiger partial charge on any atom is 0.269 e. The molecule has 1 aromatic carbocycles. The number of hydroxylamine groups is 1. The Morgan fingerprint density at radius 2 is 2.30 bits per heavy atom. The molecular weight excluding hydrogens is 298 g/mol. The Kier molecular flexibility index (Phi) is 4.47. The van der Waals surface area contributed by atoms with Crippen molar-refractivity contribution in [1.29, 1.82) is 0 Å². The van der Waals surface area contributed by atoms with Gasteiger partial charge in [-0.2, -0.15) is 0 Å². The van der Waals surface area contributed by atoms with Gasteiger partial charge in [0.15, 0.2) is 0 Å². The molecule has 1 saturated heterocycles. The molecule has 2 aliphatic rings. The summed E-state index contributed by atoms with van der Waals surface area (Å²) in [5.74, 6) is -0.378. The van der Waals surface area contributed by atoms with Gasteiger partial charge in [-0.25, -0.2) is 5.48 Å². The van der Waals surface area contributed by atoms with E-state index in [0.717, 1.165) is 37.1 Å². The number of piperidine rings is 1. The van der Waals surface area contributed by atoms with Gasteiger partial charge in [-0.3, -0.25) is 19.7 Å². The van der Waals surface area contributed by atoms with Gasteiger partial charge in [-0.05, 0) is 44.2 Å². The fourth-order valence-electron chi connectivity index (χ4n) is 3.66. The molecule has 0 aliphatic carbocycles. The van der Waals surface area contributed by atoms with Crippen molar-refractivity contribution >= 4 is 17.3 Å². The molecule has 0 spiro atoms. The number of benzene rings is 1. The largest absolute Gasteiger partial charge is 0.368 e. The number of carbonyl (C=O) groups is 1. The molecule has 1 aromatic rings. The maximum absolute atomic E-state index is 12.4. The summed E-state index contributed by atoms with van der Waals surface area (Å²) in [6.45, 7) is 3.11. The highest BCUT2D eigenvalue weighted by atomic mass is 16.6. The van der Waals surface area contributed by atoms with E-state index in [1.165, 1.54) is 0 Å². The van der Waals surface area contributed by atoms with Crippen LogP contribution in [0.25, 0.3) is 0 Å². The molecule has 3 rings (SSSR count). The van der Waals surface area contributed by atoms with Gasteiger partial charge in [-0.1, -0.05) is 0 Å². The van der Waals surface area contributed by atoms with Crippen LogP contribution in [0, 0.1) is 16.0 Å². The number of nitro benzene ring substituents is 1. The van der Waals surface area contributed by atoms with E-state index in [9.17, 15) is 14.9 Å². The normalized spacial score (nSPS) is 22.9. The SMILES string of the molecule is CCONC(=O)[C@@H]1Cc2cc([N+](=O)[O-])ccc2N2CCCC[C@H]12. The molecule has 2 aliphatic heterocycles. The van der Waals surface area contributed by atoms with Crippen LogP contribution in [0.3, 0.4) is 0 Å². The van der Waals surface area contributed by atoms with E-state index in [2.05, 4.69) is 10.4 Å². The van der Waals surface area contributed by atoms with Gasteiger partial charge in [0.05, 0.1) is 17.4 Å². The van der Waals surface area contributed by atoms with Crippen LogP contribution in [-0.4, -0.2) is 30.0 Å². The molecule has 0 saturated carbocycles. The standard InChI is InChI=1S/C16H21N3O4/c1-2-23-17-16(20)13-10-11-9-12(19(21)22)6-7-14(11)18-8-4-3-5-15(13)18/h6-7,9,13,15H,2-5,8,10H2,1H3,(H,17,20)/t13-,15-/m1/s1. The Hall–Kier alpha value is -2.15. The van der Waals surface area contributed by atoms with E-state index in [1.54, 1.807) is 12.1 Å². The highest BCUT2D eigenvalue weighted by Crippen LogP contribution is 2.39. The van der Waals surface area contributed by atoms with Crippen molar-refractivity contribution in [3.63, 3.8) is 0 Å². The Balaban J connectivity index is 1.93. The molecule has 0 unspecified atom stereocenters. The maximum atomic E-state index is 12.4. The highest BCUT2D eigenvalue weighted by Gasteiger charge is 2.40. The quantitative estimate of drug-likeness (QED) is 0.679. The number of hydrogen-bond acceptors (Lipinski definition) is 5. The molecule has 2 heterocycles. The molecule has 0 aromatic heterocycles. The first-order chi connectivity index (χ1) is 11.1. The summed E-state index contributed by atoms with van der Waals surface area (Å²) in [5.41, 5.74) is 4.47. The number of hydrogen-bond donors (Lipinski definition) is 1. The van der Waals surface area contributed by atoms with E-state index in [0.29, 0.717) is 13.0 Å². The topological polar surface area (TPSA) is 84.7 Å². The Morgan fingerprint density at radius 1 is 1.48 bits per heavy atom. The summed E-state index contributed by atoms with van der Waals surface area (Å²) in [7, 11) is 0. The third kappa shape index (κ3) is 3.01. The number of carbonyl (C=O) groups excluding carboxylic acids is 1. The first-order valence-electron chi connectivity index (χ1n) is 8.07. The van der Waals surface area contributed by atoms with Gasteiger partial charge < -0.3 is 4.90 Å². The Labute approximate surface area is 134 Å². The highest BCUT2D eigenvalue weighted by molar-refractivity contribution is 5.81. The second-order valence-corrected chi connectivity index (χ2v) is 6.04. The second-order valence-electron chi connectivity index (χ2n) is 6.04. The number of nitro groups is 1. The molecule has 1 fully saturated rings. The van der Waals surface area contributed by atoms with Crippen molar-refractivity contribution in [3.05, 3.63) is 33.9 Å². The van der Waals surface area contributed by atoms with Crippen molar-refractivity contribution in [2.75, 3.05) is 18.1 Å². The summed E-state index contributed by atoms with van der Waals surface area (Å²) >= 11 is 0. The van der Waals surface area contributed by atoms with Gasteiger partial charge in [0.1, 0.15) is 0 Å². The minimum absolute atomic E-state index is 0.0724. The molecule has 23 heavy (non-hydrogen) atoms. The van der Waals surface area contributed by atoms with E-state index < -0.39 is 4.92 Å². The van der Waals surface area contributed by atoms with Gasteiger partial charge in [0.25, 0.3) is 5.69 Å². The summed E-state index contributed by atoms with van der Waals surface area (Å²) in [4.78, 5) is 30.4. The number of fused-ring (bicyclic) bond motifs is 3. The average Bonchev–Trinajstić information content (AvgIpc) is 2.58. The van der Waals surface area contributed by atoms with Crippen molar-refractivity contribution in [2.24, 2.45) is 5.92 Å². The van der Waals surface area contributed by atoms with Crippen molar-refractivity contribution in [2.45, 2.75) is 38.6 Å². The second kappa shape index (κ2) is 6.54. The first-order valence-corrected chi connectivity index (χ1v) is 8.07. The molecule has 0 radical (unpaired) electrons. The van der Waals surface area contributed by atoms with E-state index in [-0.39, 0.29) is 23.6 Å². The van der Waals surface area contributed by atoms with Crippen LogP contribution in [0.5, 0.6) is 0 Å². The molecule has 1 N–H and O–H groups in total. The molecule has 7 heteroatoms. The lowest BCUT2D eigenvalue weighted by atomic mass is 9.80. The number of nitrogens with zero attached hydrogens (tertiary/aromatic N) is 2. The Morgan fingerprint density at radius 3 is 3.04 bits per heavy atom. The zero-order valence-corrected chi connectivity index (χ0v) is 13.2. The zero-order chi connectivity index (χ0) is 16.4. The summed E-state index contributed by atoms with van der Waals surface area (Å²) in [6.07, 6.45) is 3.65. The summed E-state index contributed by atoms with van der Waals surface area (Å²) in [5, 5.41) is 11.0. The molecule has 2 atom stereocenters. The molecule has 0 bridgehead atoms. The van der Waals surface area contributed by atoms with Crippen molar-refractivity contribution in [3.8, 4) is 0 Å². The van der Waals surface area contributed by atoms with Crippen LogP contribution in [0.2, 0.25) is 0 Å². The minimum atomic E-state index is -0.391. The van der Waals surface area contributed by atoms with Gasteiger partial charge in [0, 0.05) is 30.4 Å². The van der Waals surface area contributed by atoms with Crippen LogP contribution in [0.15, 0.2) is 18.2 Å². The fourth-order valence-corrected chi connectivity index (χ4v) is 3.66. The summed E-state index contributed by atoms with van der Waals surface area (Å²) < 4.78 is 0. The number of amides is 1. The Bertz CT molecular complexity index is 619. The number of rotatable bonds is 4. The third-order valence-corrected chi connectivity index (χ3v) is 4.69. The van der Waals surface area contributed by atoms with Gasteiger partial charge in [-0.15, -0.1) is 0 Å². The number of anilines is 1. The summed E-state index contributed by atoms with van der Waals surface area (Å²) in [6, 6.07) is 5.10. The first kappa shape index (κ1) is 15.7. The molecule has 124 valence electrons. The van der Waals surface area contributed by atoms with E-state index in [4.69, 9.17) is 4.84 Å². The lowest BCUT2D eigenvalue weighted by molar-refractivity contribution is -0.384. The lowest BCUT2D eigenvalue weighted by Crippen LogP contribution is -2.53. The number of nitrogens with one attached hydrogen (secondary N) is 1. The predicted octanol–water partition coefficient (Wildman–Crippen LogP) is 2.19.